The molecule has 1 atom stereocenters. The van der Waals surface area contributed by atoms with Crippen LogP contribution in [0.25, 0.3) is 0 Å². The number of nitriles is 1. The Balaban J connectivity index is 1.74. The molecule has 2 aromatic rings. The lowest BCUT2D eigenvalue weighted by Crippen LogP contribution is -2.21. The fraction of sp³-hybridized carbons (Fsp3) is 0.333. The van der Waals surface area contributed by atoms with Crippen LogP contribution in [0.5, 0.6) is 0 Å². The van der Waals surface area contributed by atoms with Crippen molar-refractivity contribution in [1.29, 1.82) is 5.26 Å². The molecule has 1 unspecified atom stereocenters. The van der Waals surface area contributed by atoms with E-state index in [4.69, 9.17) is 5.26 Å². The summed E-state index contributed by atoms with van der Waals surface area (Å²) in [6.45, 7) is 4.01. The minimum absolute atomic E-state index is 0.297. The number of nitrogens with one attached hydrogen (secondary N) is 1. The van der Waals surface area contributed by atoms with Gasteiger partial charge in [0.25, 0.3) is 0 Å². The van der Waals surface area contributed by atoms with E-state index in [0.29, 0.717) is 11.6 Å². The summed E-state index contributed by atoms with van der Waals surface area (Å²) in [4.78, 5) is 0. The molecule has 2 rings (SSSR count). The van der Waals surface area contributed by atoms with E-state index < -0.39 is 0 Å². The molecule has 98 valence electrons. The predicted molar refractivity (Wildman–Crippen MR) is 74.4 cm³/mol. The molecule has 0 aliphatic carbocycles. The molecule has 0 fully saturated rings. The number of aryl methyl sites for hydroxylation is 1. The molecule has 0 saturated carbocycles. The van der Waals surface area contributed by atoms with E-state index in [1.54, 1.807) is 6.20 Å². The van der Waals surface area contributed by atoms with Crippen LogP contribution < -0.4 is 5.32 Å². The number of benzene rings is 1. The van der Waals surface area contributed by atoms with Crippen molar-refractivity contribution in [2.45, 2.75) is 25.9 Å². The smallest absolute Gasteiger partial charge is 0.0991 e. The van der Waals surface area contributed by atoms with Crippen LogP contribution in [-0.2, 0) is 6.54 Å². The zero-order valence-electron chi connectivity index (χ0n) is 11.1. The normalized spacial score (nSPS) is 12.0. The minimum Gasteiger partial charge on any atom is -0.310 e. The van der Waals surface area contributed by atoms with Crippen LogP contribution in [0.15, 0.2) is 42.7 Å². The lowest BCUT2D eigenvalue weighted by atomic mass is 10.1. The second-order valence-electron chi connectivity index (χ2n) is 4.53. The Morgan fingerprint density at radius 2 is 2.16 bits per heavy atom. The number of hydrogen-bond acceptors (Lipinski definition) is 3. The topological polar surface area (TPSA) is 53.6 Å². The molecule has 0 amide bonds. The van der Waals surface area contributed by atoms with Crippen LogP contribution in [0.3, 0.4) is 0 Å². The highest BCUT2D eigenvalue weighted by Crippen LogP contribution is 2.12. The Bertz CT molecular complexity index is 522. The molecular weight excluding hydrogens is 236 g/mol. The quantitative estimate of drug-likeness (QED) is 0.806. The van der Waals surface area contributed by atoms with Gasteiger partial charge in [0.2, 0.25) is 0 Å². The zero-order valence-corrected chi connectivity index (χ0v) is 11.1. The number of aromatic nitrogens is 2. The SMILES string of the molecule is CC(NCCCn1cccn1)c1ccc(C#N)cc1. The lowest BCUT2D eigenvalue weighted by molar-refractivity contribution is 0.507. The summed E-state index contributed by atoms with van der Waals surface area (Å²) >= 11 is 0. The van der Waals surface area contributed by atoms with Crippen LogP contribution in [0.4, 0.5) is 0 Å². The van der Waals surface area contributed by atoms with Gasteiger partial charge in [-0.05, 0) is 43.7 Å². The molecular formula is C15H18N4. The Hall–Kier alpha value is -2.12. The lowest BCUT2D eigenvalue weighted by Gasteiger charge is -2.14. The number of rotatable bonds is 6. The van der Waals surface area contributed by atoms with Crippen LogP contribution in [-0.4, -0.2) is 16.3 Å². The third-order valence-electron chi connectivity index (χ3n) is 3.11. The summed E-state index contributed by atoms with van der Waals surface area (Å²) < 4.78 is 1.94. The van der Waals surface area contributed by atoms with Crippen molar-refractivity contribution in [1.82, 2.24) is 15.1 Å². The summed E-state index contributed by atoms with van der Waals surface area (Å²) in [7, 11) is 0. The molecule has 0 bridgehead atoms. The second-order valence-corrected chi connectivity index (χ2v) is 4.53. The van der Waals surface area contributed by atoms with Gasteiger partial charge in [0.1, 0.15) is 0 Å². The molecule has 0 aliphatic rings. The van der Waals surface area contributed by atoms with Gasteiger partial charge in [-0.2, -0.15) is 10.4 Å². The monoisotopic (exact) mass is 254 g/mol. The van der Waals surface area contributed by atoms with Crippen molar-refractivity contribution in [3.05, 3.63) is 53.9 Å². The van der Waals surface area contributed by atoms with Gasteiger partial charge in [-0.15, -0.1) is 0 Å². The van der Waals surface area contributed by atoms with Crippen molar-refractivity contribution >= 4 is 0 Å². The Labute approximate surface area is 113 Å². The third-order valence-corrected chi connectivity index (χ3v) is 3.11. The fourth-order valence-electron chi connectivity index (χ4n) is 1.96. The number of hydrogen-bond donors (Lipinski definition) is 1. The summed E-state index contributed by atoms with van der Waals surface area (Å²) in [5, 5.41) is 16.4. The van der Waals surface area contributed by atoms with Crippen LogP contribution in [0, 0.1) is 11.3 Å². The predicted octanol–water partition coefficient (Wildman–Crippen LogP) is 2.50. The molecule has 1 aromatic heterocycles. The first-order valence-electron chi connectivity index (χ1n) is 6.50. The van der Waals surface area contributed by atoms with Gasteiger partial charge in [0, 0.05) is 25.0 Å². The highest BCUT2D eigenvalue weighted by molar-refractivity contribution is 5.32. The molecule has 4 nitrogen and oxygen atoms in total. The fourth-order valence-corrected chi connectivity index (χ4v) is 1.96. The van der Waals surface area contributed by atoms with Gasteiger partial charge < -0.3 is 5.32 Å². The van der Waals surface area contributed by atoms with Crippen LogP contribution in [0.1, 0.15) is 30.5 Å². The molecule has 0 radical (unpaired) electrons. The maximum absolute atomic E-state index is 8.76. The summed E-state index contributed by atoms with van der Waals surface area (Å²) in [6.07, 6.45) is 4.82. The summed E-state index contributed by atoms with van der Waals surface area (Å²) in [5.74, 6) is 0. The molecule has 1 aromatic carbocycles. The molecule has 4 heteroatoms. The first-order chi connectivity index (χ1) is 9.29. The standard InChI is InChI=1S/C15H18N4/c1-13(15-6-4-14(12-16)5-7-15)17-8-2-10-19-11-3-9-18-19/h3-7,9,11,13,17H,2,8,10H2,1H3. The van der Waals surface area contributed by atoms with Crippen molar-refractivity contribution in [3.63, 3.8) is 0 Å². The molecule has 0 saturated heterocycles. The minimum atomic E-state index is 0.297. The highest BCUT2D eigenvalue weighted by atomic mass is 15.3. The largest absolute Gasteiger partial charge is 0.310 e. The van der Waals surface area contributed by atoms with E-state index in [9.17, 15) is 0 Å². The summed E-state index contributed by atoms with van der Waals surface area (Å²) in [5.41, 5.74) is 1.91. The van der Waals surface area contributed by atoms with Gasteiger partial charge in [-0.3, -0.25) is 4.68 Å². The second kappa shape index (κ2) is 6.72. The van der Waals surface area contributed by atoms with Gasteiger partial charge in [0.15, 0.2) is 0 Å². The number of nitrogens with zero attached hydrogens (tertiary/aromatic N) is 3. The average Bonchev–Trinajstić information content (AvgIpc) is 2.96. The van der Waals surface area contributed by atoms with Crippen molar-refractivity contribution in [2.24, 2.45) is 0 Å². The van der Waals surface area contributed by atoms with Gasteiger partial charge in [0.05, 0.1) is 11.6 Å². The maximum Gasteiger partial charge on any atom is 0.0991 e. The van der Waals surface area contributed by atoms with E-state index in [0.717, 1.165) is 19.5 Å². The first kappa shape index (κ1) is 13.3. The van der Waals surface area contributed by atoms with E-state index in [-0.39, 0.29) is 0 Å². The molecule has 1 heterocycles. The third kappa shape index (κ3) is 3.94. The average molecular weight is 254 g/mol. The summed E-state index contributed by atoms with van der Waals surface area (Å²) in [6, 6.07) is 12.1. The first-order valence-corrected chi connectivity index (χ1v) is 6.50. The Morgan fingerprint density at radius 3 is 2.79 bits per heavy atom. The van der Waals surface area contributed by atoms with Crippen molar-refractivity contribution in [2.75, 3.05) is 6.54 Å². The van der Waals surface area contributed by atoms with Crippen molar-refractivity contribution < 1.29 is 0 Å². The van der Waals surface area contributed by atoms with Gasteiger partial charge in [-0.25, -0.2) is 0 Å². The van der Waals surface area contributed by atoms with E-state index >= 15 is 0 Å². The highest BCUT2D eigenvalue weighted by Gasteiger charge is 2.04. The van der Waals surface area contributed by atoms with Gasteiger partial charge >= 0.3 is 0 Å². The maximum atomic E-state index is 8.76. The molecule has 1 N–H and O–H groups in total. The van der Waals surface area contributed by atoms with Crippen LogP contribution >= 0.6 is 0 Å². The van der Waals surface area contributed by atoms with Crippen molar-refractivity contribution in [3.8, 4) is 6.07 Å². The molecule has 19 heavy (non-hydrogen) atoms. The molecule has 0 aliphatic heterocycles. The Kier molecular flexibility index (Phi) is 4.71. The van der Waals surface area contributed by atoms with E-state index in [2.05, 4.69) is 23.4 Å². The van der Waals surface area contributed by atoms with E-state index in [1.165, 1.54) is 5.56 Å². The zero-order chi connectivity index (χ0) is 13.5. The molecule has 0 spiro atoms. The van der Waals surface area contributed by atoms with Gasteiger partial charge in [-0.1, -0.05) is 12.1 Å². The Morgan fingerprint density at radius 1 is 1.37 bits per heavy atom. The van der Waals surface area contributed by atoms with E-state index in [1.807, 2.05) is 41.2 Å². The van der Waals surface area contributed by atoms with Crippen LogP contribution in [0.2, 0.25) is 0 Å².